The van der Waals surface area contributed by atoms with Crippen molar-refractivity contribution in [1.82, 2.24) is 10.2 Å². The van der Waals surface area contributed by atoms with Crippen molar-refractivity contribution < 1.29 is 9.53 Å². The maximum Gasteiger partial charge on any atom is 0.238 e. The van der Waals surface area contributed by atoms with Gasteiger partial charge in [0.1, 0.15) is 18.5 Å². The van der Waals surface area contributed by atoms with Crippen LogP contribution in [0.4, 0.5) is 0 Å². The van der Waals surface area contributed by atoms with Crippen LogP contribution in [0.2, 0.25) is 0 Å². The van der Waals surface area contributed by atoms with Gasteiger partial charge in [-0.3, -0.25) is 10.1 Å². The number of ether oxygens (including phenoxy) is 1. The Morgan fingerprint density at radius 1 is 1.37 bits per heavy atom. The van der Waals surface area contributed by atoms with E-state index in [1.165, 1.54) is 0 Å². The normalized spacial score (nSPS) is 22.6. The van der Waals surface area contributed by atoms with Crippen molar-refractivity contribution in [2.45, 2.75) is 25.0 Å². The van der Waals surface area contributed by atoms with Crippen molar-refractivity contribution in [1.29, 1.82) is 0 Å². The molecule has 0 spiro atoms. The molecule has 1 saturated heterocycles. The molecule has 1 amide bonds. The standard InChI is InChI=1S/C15H18N2O2/c1-2-9-19-13-7-3-11(4-8-13)15-16-10-14(18)17(15)12-5-6-12/h2-4,7-8,12,15-16H,1,5-6,9-10H2. The van der Waals surface area contributed by atoms with E-state index in [9.17, 15) is 4.79 Å². The van der Waals surface area contributed by atoms with Gasteiger partial charge in [-0.1, -0.05) is 24.8 Å². The molecule has 2 aliphatic rings. The summed E-state index contributed by atoms with van der Waals surface area (Å²) in [6, 6.07) is 8.35. The molecule has 0 bridgehead atoms. The third kappa shape index (κ3) is 2.49. The van der Waals surface area contributed by atoms with Crippen LogP contribution in [0.3, 0.4) is 0 Å². The summed E-state index contributed by atoms with van der Waals surface area (Å²) in [6.45, 7) is 4.57. The second-order valence-corrected chi connectivity index (χ2v) is 4.98. The van der Waals surface area contributed by atoms with E-state index in [-0.39, 0.29) is 12.1 Å². The zero-order chi connectivity index (χ0) is 13.2. The van der Waals surface area contributed by atoms with E-state index in [1.807, 2.05) is 29.2 Å². The first kappa shape index (κ1) is 12.2. The van der Waals surface area contributed by atoms with Crippen LogP contribution in [0.25, 0.3) is 0 Å². The monoisotopic (exact) mass is 258 g/mol. The number of benzene rings is 1. The predicted molar refractivity (Wildman–Crippen MR) is 72.7 cm³/mol. The number of amides is 1. The first-order valence-electron chi connectivity index (χ1n) is 6.68. The van der Waals surface area contributed by atoms with Gasteiger partial charge in [0.05, 0.1) is 6.54 Å². The summed E-state index contributed by atoms with van der Waals surface area (Å²) in [5.74, 6) is 1.03. The topological polar surface area (TPSA) is 41.6 Å². The maximum absolute atomic E-state index is 11.9. The van der Waals surface area contributed by atoms with E-state index < -0.39 is 0 Å². The second-order valence-electron chi connectivity index (χ2n) is 4.98. The van der Waals surface area contributed by atoms with Crippen LogP contribution in [0.15, 0.2) is 36.9 Å². The molecule has 0 radical (unpaired) electrons. The molecule has 0 aromatic heterocycles. The number of carbonyl (C=O) groups is 1. The third-order valence-electron chi connectivity index (χ3n) is 3.52. The molecule has 1 N–H and O–H groups in total. The van der Waals surface area contributed by atoms with Crippen LogP contribution >= 0.6 is 0 Å². The van der Waals surface area contributed by atoms with Gasteiger partial charge in [-0.2, -0.15) is 0 Å². The highest BCUT2D eigenvalue weighted by Crippen LogP contribution is 2.35. The highest BCUT2D eigenvalue weighted by Gasteiger charge is 2.41. The Bertz CT molecular complexity index is 479. The summed E-state index contributed by atoms with van der Waals surface area (Å²) in [5.41, 5.74) is 1.11. The fraction of sp³-hybridized carbons (Fsp3) is 0.400. The SMILES string of the molecule is C=CCOc1ccc(C2NCC(=O)N2C2CC2)cc1. The summed E-state index contributed by atoms with van der Waals surface area (Å²) in [5, 5.41) is 3.28. The maximum atomic E-state index is 11.9. The lowest BCUT2D eigenvalue weighted by molar-refractivity contribution is -0.128. The van der Waals surface area contributed by atoms with Crippen LogP contribution in [0.1, 0.15) is 24.6 Å². The smallest absolute Gasteiger partial charge is 0.238 e. The lowest BCUT2D eigenvalue weighted by Gasteiger charge is -2.24. The average molecular weight is 258 g/mol. The summed E-state index contributed by atoms with van der Waals surface area (Å²) in [4.78, 5) is 13.9. The number of rotatable bonds is 5. The molecule has 4 heteroatoms. The summed E-state index contributed by atoms with van der Waals surface area (Å²) >= 11 is 0. The largest absolute Gasteiger partial charge is 0.490 e. The Morgan fingerprint density at radius 3 is 2.74 bits per heavy atom. The van der Waals surface area contributed by atoms with Crippen molar-refractivity contribution in [3.63, 3.8) is 0 Å². The highest BCUT2D eigenvalue weighted by atomic mass is 16.5. The van der Waals surface area contributed by atoms with Crippen LogP contribution in [0, 0.1) is 0 Å². The third-order valence-corrected chi connectivity index (χ3v) is 3.52. The molecule has 1 aromatic rings. The van der Waals surface area contributed by atoms with E-state index >= 15 is 0 Å². The van der Waals surface area contributed by atoms with Gasteiger partial charge in [0.15, 0.2) is 0 Å². The molecule has 1 atom stereocenters. The van der Waals surface area contributed by atoms with Gasteiger partial charge in [0.2, 0.25) is 5.91 Å². The van der Waals surface area contributed by atoms with Crippen molar-refractivity contribution in [2.75, 3.05) is 13.2 Å². The number of hydrogen-bond acceptors (Lipinski definition) is 3. The minimum atomic E-state index is 0.0217. The number of hydrogen-bond donors (Lipinski definition) is 1. The molecule has 1 unspecified atom stereocenters. The summed E-state index contributed by atoms with van der Waals surface area (Å²) < 4.78 is 5.46. The minimum absolute atomic E-state index is 0.0217. The zero-order valence-corrected chi connectivity index (χ0v) is 10.8. The molecule has 1 aliphatic heterocycles. The van der Waals surface area contributed by atoms with Crippen LogP contribution in [-0.2, 0) is 4.79 Å². The zero-order valence-electron chi connectivity index (χ0n) is 10.8. The molecule has 1 aromatic carbocycles. The molecule has 1 heterocycles. The molecule has 100 valence electrons. The van der Waals surface area contributed by atoms with E-state index in [2.05, 4.69) is 11.9 Å². The molecule has 19 heavy (non-hydrogen) atoms. The van der Waals surface area contributed by atoms with Gasteiger partial charge in [-0.05, 0) is 30.5 Å². The Kier molecular flexibility index (Phi) is 3.25. The van der Waals surface area contributed by atoms with E-state index in [0.717, 1.165) is 24.2 Å². The molecular weight excluding hydrogens is 240 g/mol. The number of nitrogens with one attached hydrogen (secondary N) is 1. The van der Waals surface area contributed by atoms with E-state index in [0.29, 0.717) is 19.2 Å². The Labute approximate surface area is 113 Å². The molecule has 3 rings (SSSR count). The van der Waals surface area contributed by atoms with Crippen molar-refractivity contribution in [3.8, 4) is 5.75 Å². The second kappa shape index (κ2) is 5.05. The first-order chi connectivity index (χ1) is 9.29. The molecule has 1 aliphatic carbocycles. The van der Waals surface area contributed by atoms with Gasteiger partial charge >= 0.3 is 0 Å². The number of carbonyl (C=O) groups excluding carboxylic acids is 1. The fourth-order valence-corrected chi connectivity index (χ4v) is 2.46. The molecule has 1 saturated carbocycles. The lowest BCUT2D eigenvalue weighted by atomic mass is 10.1. The average Bonchev–Trinajstić information content (AvgIpc) is 3.20. The Balaban J connectivity index is 1.74. The van der Waals surface area contributed by atoms with Gasteiger partial charge in [-0.25, -0.2) is 0 Å². The van der Waals surface area contributed by atoms with Crippen molar-refractivity contribution >= 4 is 5.91 Å². The minimum Gasteiger partial charge on any atom is -0.490 e. The van der Waals surface area contributed by atoms with Gasteiger partial charge in [0, 0.05) is 6.04 Å². The van der Waals surface area contributed by atoms with Crippen LogP contribution in [0.5, 0.6) is 5.75 Å². The van der Waals surface area contributed by atoms with Crippen molar-refractivity contribution in [3.05, 3.63) is 42.5 Å². The van der Waals surface area contributed by atoms with Gasteiger partial charge in [-0.15, -0.1) is 0 Å². The summed E-state index contributed by atoms with van der Waals surface area (Å²) in [6.07, 6.45) is 4.00. The van der Waals surface area contributed by atoms with Crippen LogP contribution in [-0.4, -0.2) is 30.0 Å². The Morgan fingerprint density at radius 2 is 2.11 bits per heavy atom. The molecule has 2 fully saturated rings. The predicted octanol–water partition coefficient (Wildman–Crippen LogP) is 1.84. The molecular formula is C15H18N2O2. The fourth-order valence-electron chi connectivity index (χ4n) is 2.46. The quantitative estimate of drug-likeness (QED) is 0.819. The first-order valence-corrected chi connectivity index (χ1v) is 6.68. The lowest BCUT2D eigenvalue weighted by Crippen LogP contribution is -2.32. The Hall–Kier alpha value is -1.81. The van der Waals surface area contributed by atoms with Crippen molar-refractivity contribution in [2.24, 2.45) is 0 Å². The number of nitrogens with zero attached hydrogens (tertiary/aromatic N) is 1. The van der Waals surface area contributed by atoms with Gasteiger partial charge in [0.25, 0.3) is 0 Å². The van der Waals surface area contributed by atoms with E-state index in [4.69, 9.17) is 4.74 Å². The molecule has 4 nitrogen and oxygen atoms in total. The summed E-state index contributed by atoms with van der Waals surface area (Å²) in [7, 11) is 0. The van der Waals surface area contributed by atoms with Gasteiger partial charge < -0.3 is 9.64 Å². The van der Waals surface area contributed by atoms with E-state index in [1.54, 1.807) is 6.08 Å². The highest BCUT2D eigenvalue weighted by molar-refractivity contribution is 5.81. The van der Waals surface area contributed by atoms with Crippen LogP contribution < -0.4 is 10.1 Å².